The van der Waals surface area contributed by atoms with E-state index >= 15 is 0 Å². The molecular formula is C14H16N2O3S. The minimum atomic E-state index is -3.50. The van der Waals surface area contributed by atoms with Crippen LogP contribution in [-0.4, -0.2) is 19.2 Å². The van der Waals surface area contributed by atoms with Crippen LogP contribution in [0.2, 0.25) is 0 Å². The molecule has 106 valence electrons. The number of benzene rings is 1. The maximum absolute atomic E-state index is 11.9. The summed E-state index contributed by atoms with van der Waals surface area (Å²) in [4.78, 5) is 13.8. The molecule has 0 unspecified atom stereocenters. The number of rotatable bonds is 6. The Morgan fingerprint density at radius 1 is 1.05 bits per heavy atom. The molecule has 0 atom stereocenters. The van der Waals surface area contributed by atoms with Crippen molar-refractivity contribution in [3.8, 4) is 0 Å². The van der Waals surface area contributed by atoms with Crippen LogP contribution >= 0.6 is 0 Å². The second-order valence-electron chi connectivity index (χ2n) is 4.42. The summed E-state index contributed by atoms with van der Waals surface area (Å²) < 4.78 is 26.1. The fourth-order valence-corrected chi connectivity index (χ4v) is 2.95. The molecule has 0 radical (unpaired) electrons. The van der Waals surface area contributed by atoms with Gasteiger partial charge in [0.2, 0.25) is 10.0 Å². The van der Waals surface area contributed by atoms with E-state index in [1.165, 1.54) is 12.3 Å². The third-order valence-corrected chi connectivity index (χ3v) is 4.16. The normalized spacial score (nSPS) is 11.2. The van der Waals surface area contributed by atoms with Crippen LogP contribution in [-0.2, 0) is 16.4 Å². The fraction of sp³-hybridized carbons (Fsp3) is 0.214. The number of H-pyrrole nitrogens is 1. The molecule has 1 heterocycles. The number of sulfonamides is 1. The molecule has 0 aliphatic carbocycles. The van der Waals surface area contributed by atoms with Crippen molar-refractivity contribution < 1.29 is 8.42 Å². The van der Waals surface area contributed by atoms with E-state index in [2.05, 4.69) is 9.71 Å². The largest absolute Gasteiger partial charge is 0.327 e. The summed E-state index contributed by atoms with van der Waals surface area (Å²) in [6.45, 7) is 0. The van der Waals surface area contributed by atoms with Gasteiger partial charge in [0.15, 0.2) is 0 Å². The molecule has 0 bridgehead atoms. The molecule has 0 aliphatic heterocycles. The lowest BCUT2D eigenvalue weighted by Crippen LogP contribution is -2.22. The van der Waals surface area contributed by atoms with Gasteiger partial charge in [-0.3, -0.25) is 9.52 Å². The highest BCUT2D eigenvalue weighted by Crippen LogP contribution is 2.06. The van der Waals surface area contributed by atoms with Gasteiger partial charge in [0, 0.05) is 6.20 Å². The molecule has 0 spiro atoms. The number of aromatic amines is 1. The van der Waals surface area contributed by atoms with Crippen molar-refractivity contribution in [2.45, 2.75) is 12.8 Å². The minimum absolute atomic E-state index is 0.0176. The fourth-order valence-electron chi connectivity index (χ4n) is 1.83. The minimum Gasteiger partial charge on any atom is -0.327 e. The lowest BCUT2D eigenvalue weighted by Gasteiger charge is -2.07. The molecule has 1 aromatic carbocycles. The average Bonchev–Trinajstić information content (AvgIpc) is 2.42. The predicted octanol–water partition coefficient (Wildman–Crippen LogP) is 1.75. The predicted molar refractivity (Wildman–Crippen MR) is 79.2 cm³/mol. The van der Waals surface area contributed by atoms with Crippen molar-refractivity contribution in [2.75, 3.05) is 10.5 Å². The first-order chi connectivity index (χ1) is 9.57. The zero-order chi connectivity index (χ0) is 14.4. The summed E-state index contributed by atoms with van der Waals surface area (Å²) in [7, 11) is -3.50. The van der Waals surface area contributed by atoms with E-state index in [1.807, 2.05) is 30.3 Å². The van der Waals surface area contributed by atoms with Gasteiger partial charge in [0.1, 0.15) is 5.69 Å². The van der Waals surface area contributed by atoms with E-state index in [0.29, 0.717) is 12.8 Å². The van der Waals surface area contributed by atoms with E-state index in [0.717, 1.165) is 5.56 Å². The number of pyridine rings is 1. The summed E-state index contributed by atoms with van der Waals surface area (Å²) in [6.07, 6.45) is 2.65. The Morgan fingerprint density at radius 3 is 2.50 bits per heavy atom. The molecule has 1 aromatic heterocycles. The monoisotopic (exact) mass is 292 g/mol. The maximum Gasteiger partial charge on any atom is 0.272 e. The van der Waals surface area contributed by atoms with Gasteiger partial charge in [-0.2, -0.15) is 0 Å². The number of aromatic nitrogens is 1. The number of hydrogen-bond acceptors (Lipinski definition) is 3. The topological polar surface area (TPSA) is 79.0 Å². The highest BCUT2D eigenvalue weighted by Gasteiger charge is 2.11. The molecule has 0 saturated carbocycles. The molecule has 2 rings (SSSR count). The van der Waals surface area contributed by atoms with Crippen LogP contribution in [0, 0.1) is 0 Å². The first-order valence-electron chi connectivity index (χ1n) is 6.29. The summed E-state index contributed by atoms with van der Waals surface area (Å²) in [6, 6.07) is 12.7. The van der Waals surface area contributed by atoms with E-state index in [9.17, 15) is 13.2 Å². The van der Waals surface area contributed by atoms with Gasteiger partial charge in [-0.15, -0.1) is 0 Å². The Morgan fingerprint density at radius 2 is 1.80 bits per heavy atom. The first-order valence-corrected chi connectivity index (χ1v) is 7.94. The Labute approximate surface area is 117 Å². The van der Waals surface area contributed by atoms with Crippen LogP contribution in [0.1, 0.15) is 12.0 Å². The van der Waals surface area contributed by atoms with Gasteiger partial charge in [-0.1, -0.05) is 30.3 Å². The van der Waals surface area contributed by atoms with Crippen molar-refractivity contribution in [3.63, 3.8) is 0 Å². The molecule has 6 heteroatoms. The summed E-state index contributed by atoms with van der Waals surface area (Å²) in [5, 5.41) is 0. The number of nitrogens with one attached hydrogen (secondary N) is 2. The smallest absolute Gasteiger partial charge is 0.272 e. The van der Waals surface area contributed by atoms with Gasteiger partial charge in [0.25, 0.3) is 5.56 Å². The molecule has 20 heavy (non-hydrogen) atoms. The zero-order valence-electron chi connectivity index (χ0n) is 10.9. The quantitative estimate of drug-likeness (QED) is 0.851. The maximum atomic E-state index is 11.9. The number of hydrogen-bond donors (Lipinski definition) is 2. The van der Waals surface area contributed by atoms with Crippen molar-refractivity contribution in [1.29, 1.82) is 0 Å². The first kappa shape index (κ1) is 14.3. The Bertz CT molecular complexity index is 708. The standard InChI is InChI=1S/C14H16N2O3S/c17-14-13(9-4-10-15-14)16-20(18,19)11-5-8-12-6-2-1-3-7-12/h1-4,6-7,9-10,16H,5,8,11H2,(H,15,17). The van der Waals surface area contributed by atoms with Crippen molar-refractivity contribution in [2.24, 2.45) is 0 Å². The molecule has 0 fully saturated rings. The SMILES string of the molecule is O=c1[nH]cccc1NS(=O)(=O)CCCc1ccccc1. The molecular weight excluding hydrogens is 276 g/mol. The second-order valence-corrected chi connectivity index (χ2v) is 6.26. The molecule has 5 nitrogen and oxygen atoms in total. The van der Waals surface area contributed by atoms with Crippen LogP contribution in [0.15, 0.2) is 53.5 Å². The van der Waals surface area contributed by atoms with E-state index in [1.54, 1.807) is 6.07 Å². The molecule has 2 aromatic rings. The highest BCUT2D eigenvalue weighted by atomic mass is 32.2. The van der Waals surface area contributed by atoms with E-state index in [4.69, 9.17) is 0 Å². The molecule has 0 amide bonds. The van der Waals surface area contributed by atoms with Gasteiger partial charge >= 0.3 is 0 Å². The van der Waals surface area contributed by atoms with Crippen LogP contribution < -0.4 is 10.3 Å². The van der Waals surface area contributed by atoms with Crippen LogP contribution in [0.5, 0.6) is 0 Å². The van der Waals surface area contributed by atoms with E-state index in [-0.39, 0.29) is 11.4 Å². The van der Waals surface area contributed by atoms with E-state index < -0.39 is 15.6 Å². The van der Waals surface area contributed by atoms with Gasteiger partial charge in [-0.05, 0) is 30.5 Å². The third kappa shape index (κ3) is 4.24. The lowest BCUT2D eigenvalue weighted by atomic mass is 10.1. The third-order valence-electron chi connectivity index (χ3n) is 2.80. The van der Waals surface area contributed by atoms with Crippen molar-refractivity contribution in [3.05, 3.63) is 64.6 Å². The molecule has 2 N–H and O–H groups in total. The van der Waals surface area contributed by atoms with Gasteiger partial charge < -0.3 is 4.98 Å². The van der Waals surface area contributed by atoms with Crippen LogP contribution in [0.3, 0.4) is 0 Å². The average molecular weight is 292 g/mol. The number of aryl methyl sites for hydroxylation is 1. The van der Waals surface area contributed by atoms with Crippen molar-refractivity contribution >= 4 is 15.7 Å². The van der Waals surface area contributed by atoms with Crippen molar-refractivity contribution in [1.82, 2.24) is 4.98 Å². The second kappa shape index (κ2) is 6.38. The summed E-state index contributed by atoms with van der Waals surface area (Å²) in [5.74, 6) is -0.0176. The molecule has 0 saturated heterocycles. The summed E-state index contributed by atoms with van der Waals surface area (Å²) >= 11 is 0. The van der Waals surface area contributed by atoms with Gasteiger partial charge in [-0.25, -0.2) is 8.42 Å². The summed E-state index contributed by atoms with van der Waals surface area (Å²) in [5.41, 5.74) is 0.701. The Balaban J connectivity index is 1.92. The Kier molecular flexibility index (Phi) is 4.57. The molecule has 0 aliphatic rings. The lowest BCUT2D eigenvalue weighted by molar-refractivity contribution is 0.598. The van der Waals surface area contributed by atoms with Crippen LogP contribution in [0.4, 0.5) is 5.69 Å². The Hall–Kier alpha value is -2.08. The van der Waals surface area contributed by atoms with Crippen LogP contribution in [0.25, 0.3) is 0 Å². The highest BCUT2D eigenvalue weighted by molar-refractivity contribution is 7.92. The number of anilines is 1. The zero-order valence-corrected chi connectivity index (χ0v) is 11.7. The van der Waals surface area contributed by atoms with Gasteiger partial charge in [0.05, 0.1) is 5.75 Å².